The van der Waals surface area contributed by atoms with Gasteiger partial charge in [0.25, 0.3) is 0 Å². The molecule has 1 aliphatic heterocycles. The second-order valence-electron chi connectivity index (χ2n) is 5.55. The van der Waals surface area contributed by atoms with Crippen LogP contribution >= 0.6 is 11.8 Å². The number of nitrogens with zero attached hydrogens (tertiary/aromatic N) is 1. The van der Waals surface area contributed by atoms with Gasteiger partial charge in [0.2, 0.25) is 5.91 Å². The van der Waals surface area contributed by atoms with Crippen LogP contribution in [0.15, 0.2) is 29.2 Å². The van der Waals surface area contributed by atoms with E-state index in [1.165, 1.54) is 10.5 Å². The van der Waals surface area contributed by atoms with Gasteiger partial charge in [0, 0.05) is 23.7 Å². The van der Waals surface area contributed by atoms with Gasteiger partial charge < -0.3 is 10.2 Å². The zero-order valence-corrected chi connectivity index (χ0v) is 13.2. The number of likely N-dealkylation sites (tertiary alicyclic amines) is 1. The van der Waals surface area contributed by atoms with Crippen molar-refractivity contribution in [3.05, 3.63) is 29.8 Å². The Hall–Kier alpha value is -1.00. The molecule has 110 valence electrons. The monoisotopic (exact) mass is 292 g/mol. The van der Waals surface area contributed by atoms with E-state index in [0.717, 1.165) is 38.2 Å². The summed E-state index contributed by atoms with van der Waals surface area (Å²) in [6.07, 6.45) is 2.16. The minimum atomic E-state index is 0.179. The predicted octanol–water partition coefficient (Wildman–Crippen LogP) is 2.55. The summed E-state index contributed by atoms with van der Waals surface area (Å²) in [6, 6.07) is 8.52. The molecular formula is C16H24N2OS. The van der Waals surface area contributed by atoms with E-state index >= 15 is 0 Å². The lowest BCUT2D eigenvalue weighted by Crippen LogP contribution is -2.41. The van der Waals surface area contributed by atoms with Crippen LogP contribution in [0.4, 0.5) is 0 Å². The maximum Gasteiger partial charge on any atom is 0.224 e. The van der Waals surface area contributed by atoms with E-state index in [0.29, 0.717) is 0 Å². The Bertz CT molecular complexity index is 433. The molecule has 1 heterocycles. The van der Waals surface area contributed by atoms with E-state index in [4.69, 9.17) is 0 Å². The molecule has 0 bridgehead atoms. The number of carbonyl (C=O) groups is 1. The number of thioether (sulfide) groups is 1. The topological polar surface area (TPSA) is 32.3 Å². The van der Waals surface area contributed by atoms with Crippen molar-refractivity contribution in [3.8, 4) is 0 Å². The number of carbonyl (C=O) groups excluding carboxylic acids is 1. The normalized spacial score (nSPS) is 19.8. The average Bonchev–Trinajstić information content (AvgIpc) is 2.45. The van der Waals surface area contributed by atoms with Crippen LogP contribution in [-0.2, 0) is 4.79 Å². The zero-order chi connectivity index (χ0) is 14.4. The predicted molar refractivity (Wildman–Crippen MR) is 85.1 cm³/mol. The molecule has 0 aliphatic carbocycles. The SMILES string of the molecule is Cc1ccc(SCCNC(=O)[C@@H]2CCCN(C)C2)cc1. The van der Waals surface area contributed by atoms with Crippen molar-refractivity contribution in [2.24, 2.45) is 5.92 Å². The molecule has 20 heavy (non-hydrogen) atoms. The van der Waals surface area contributed by atoms with Gasteiger partial charge in [-0.25, -0.2) is 0 Å². The molecular weight excluding hydrogens is 268 g/mol. The van der Waals surface area contributed by atoms with Gasteiger partial charge in [-0.2, -0.15) is 0 Å². The second-order valence-corrected chi connectivity index (χ2v) is 6.72. The van der Waals surface area contributed by atoms with Gasteiger partial charge in [0.15, 0.2) is 0 Å². The van der Waals surface area contributed by atoms with Gasteiger partial charge >= 0.3 is 0 Å². The number of piperidine rings is 1. The van der Waals surface area contributed by atoms with Crippen molar-refractivity contribution in [3.63, 3.8) is 0 Å². The molecule has 1 aromatic rings. The molecule has 1 saturated heterocycles. The van der Waals surface area contributed by atoms with Crippen LogP contribution in [-0.4, -0.2) is 43.2 Å². The first kappa shape index (κ1) is 15.4. The molecule has 1 atom stereocenters. The van der Waals surface area contributed by atoms with Crippen LogP contribution in [0.5, 0.6) is 0 Å². The molecule has 0 radical (unpaired) electrons. The summed E-state index contributed by atoms with van der Waals surface area (Å²) in [5.74, 6) is 1.33. The molecule has 2 rings (SSSR count). The minimum absolute atomic E-state index is 0.179. The molecule has 1 N–H and O–H groups in total. The standard InChI is InChI=1S/C16H24N2OS/c1-13-5-7-15(8-6-13)20-11-9-17-16(19)14-4-3-10-18(2)12-14/h5-8,14H,3-4,9-12H2,1-2H3,(H,17,19)/t14-/m1/s1. The summed E-state index contributed by atoms with van der Waals surface area (Å²) < 4.78 is 0. The quantitative estimate of drug-likeness (QED) is 0.668. The van der Waals surface area contributed by atoms with E-state index in [1.807, 2.05) is 0 Å². The summed E-state index contributed by atoms with van der Waals surface area (Å²) in [7, 11) is 2.09. The highest BCUT2D eigenvalue weighted by Crippen LogP contribution is 2.18. The number of benzene rings is 1. The van der Waals surface area contributed by atoms with E-state index in [-0.39, 0.29) is 11.8 Å². The first-order valence-corrected chi connectivity index (χ1v) is 8.29. The van der Waals surface area contributed by atoms with E-state index in [9.17, 15) is 4.79 Å². The molecule has 0 spiro atoms. The highest BCUT2D eigenvalue weighted by molar-refractivity contribution is 7.99. The Morgan fingerprint density at radius 2 is 2.15 bits per heavy atom. The second kappa shape index (κ2) is 7.70. The first-order chi connectivity index (χ1) is 9.65. The van der Waals surface area contributed by atoms with Gasteiger partial charge in [-0.3, -0.25) is 4.79 Å². The van der Waals surface area contributed by atoms with E-state index in [2.05, 4.69) is 48.5 Å². The van der Waals surface area contributed by atoms with E-state index in [1.54, 1.807) is 11.8 Å². The number of amides is 1. The third-order valence-electron chi connectivity index (χ3n) is 3.69. The lowest BCUT2D eigenvalue weighted by Gasteiger charge is -2.28. The molecule has 0 unspecified atom stereocenters. The highest BCUT2D eigenvalue weighted by atomic mass is 32.2. The molecule has 0 aromatic heterocycles. The summed E-state index contributed by atoms with van der Waals surface area (Å²) >= 11 is 1.79. The fourth-order valence-corrected chi connectivity index (χ4v) is 3.27. The highest BCUT2D eigenvalue weighted by Gasteiger charge is 2.23. The summed E-state index contributed by atoms with van der Waals surface area (Å²) in [5.41, 5.74) is 1.28. The lowest BCUT2D eigenvalue weighted by atomic mass is 9.98. The van der Waals surface area contributed by atoms with Crippen molar-refractivity contribution in [1.82, 2.24) is 10.2 Å². The van der Waals surface area contributed by atoms with Gasteiger partial charge in [-0.05, 0) is 45.5 Å². The number of aryl methyl sites for hydroxylation is 1. The van der Waals surface area contributed by atoms with E-state index < -0.39 is 0 Å². The smallest absolute Gasteiger partial charge is 0.224 e. The number of nitrogens with one attached hydrogen (secondary N) is 1. The molecule has 1 aliphatic rings. The number of rotatable bonds is 5. The van der Waals surface area contributed by atoms with Crippen molar-refractivity contribution in [2.45, 2.75) is 24.7 Å². The summed E-state index contributed by atoms with van der Waals surface area (Å²) in [6.45, 7) is 4.86. The fraction of sp³-hybridized carbons (Fsp3) is 0.562. The molecule has 4 heteroatoms. The Morgan fingerprint density at radius 1 is 1.40 bits per heavy atom. The lowest BCUT2D eigenvalue weighted by molar-refractivity contribution is -0.126. The van der Waals surface area contributed by atoms with Gasteiger partial charge in [0.05, 0.1) is 5.92 Å². The summed E-state index contributed by atoms with van der Waals surface area (Å²) in [4.78, 5) is 15.6. The average molecular weight is 292 g/mol. The first-order valence-electron chi connectivity index (χ1n) is 7.31. The van der Waals surface area contributed by atoms with Crippen LogP contribution in [0.2, 0.25) is 0 Å². The number of hydrogen-bond donors (Lipinski definition) is 1. The zero-order valence-electron chi connectivity index (χ0n) is 12.4. The molecule has 0 saturated carbocycles. The Labute approximate surface area is 126 Å². The maximum atomic E-state index is 12.1. The number of hydrogen-bond acceptors (Lipinski definition) is 3. The Balaban J connectivity index is 1.65. The van der Waals surface area contributed by atoms with Gasteiger partial charge in [-0.15, -0.1) is 11.8 Å². The van der Waals surface area contributed by atoms with Crippen molar-refractivity contribution in [1.29, 1.82) is 0 Å². The van der Waals surface area contributed by atoms with Gasteiger partial charge in [-0.1, -0.05) is 17.7 Å². The van der Waals surface area contributed by atoms with Crippen molar-refractivity contribution in [2.75, 3.05) is 32.4 Å². The van der Waals surface area contributed by atoms with Crippen LogP contribution in [0.3, 0.4) is 0 Å². The summed E-state index contributed by atoms with van der Waals surface area (Å²) in [5, 5.41) is 3.07. The molecule has 1 amide bonds. The van der Waals surface area contributed by atoms with Crippen LogP contribution in [0.1, 0.15) is 18.4 Å². The van der Waals surface area contributed by atoms with Crippen LogP contribution in [0, 0.1) is 12.8 Å². The van der Waals surface area contributed by atoms with Crippen molar-refractivity contribution < 1.29 is 4.79 Å². The van der Waals surface area contributed by atoms with Crippen LogP contribution in [0.25, 0.3) is 0 Å². The molecule has 1 aromatic carbocycles. The maximum absolute atomic E-state index is 12.1. The Kier molecular flexibility index (Phi) is 5.92. The molecule has 3 nitrogen and oxygen atoms in total. The third-order valence-corrected chi connectivity index (χ3v) is 4.70. The largest absolute Gasteiger partial charge is 0.355 e. The van der Waals surface area contributed by atoms with Crippen LogP contribution < -0.4 is 5.32 Å². The Morgan fingerprint density at radius 3 is 2.85 bits per heavy atom. The fourth-order valence-electron chi connectivity index (χ4n) is 2.50. The van der Waals surface area contributed by atoms with Crippen molar-refractivity contribution >= 4 is 17.7 Å². The minimum Gasteiger partial charge on any atom is -0.355 e. The van der Waals surface area contributed by atoms with Gasteiger partial charge in [0.1, 0.15) is 0 Å². The third kappa shape index (κ3) is 4.84. The molecule has 1 fully saturated rings.